The Morgan fingerprint density at radius 1 is 1.10 bits per heavy atom. The Labute approximate surface area is 179 Å². The molecule has 162 valence electrons. The molecule has 1 saturated heterocycles. The van der Waals surface area contributed by atoms with Crippen LogP contribution in [0.3, 0.4) is 0 Å². The molecule has 2 amide bonds. The van der Waals surface area contributed by atoms with Crippen LogP contribution >= 0.6 is 0 Å². The second kappa shape index (κ2) is 8.33. The number of hydrogen-bond donors (Lipinski definition) is 0. The number of halogens is 1. The van der Waals surface area contributed by atoms with Crippen LogP contribution in [0.4, 0.5) is 4.39 Å². The lowest BCUT2D eigenvalue weighted by Crippen LogP contribution is -2.51. The summed E-state index contributed by atoms with van der Waals surface area (Å²) in [6, 6.07) is 7.87. The van der Waals surface area contributed by atoms with Crippen LogP contribution in [0, 0.1) is 19.7 Å². The third-order valence-electron chi connectivity index (χ3n) is 5.44. The van der Waals surface area contributed by atoms with E-state index in [1.165, 1.54) is 12.1 Å². The summed E-state index contributed by atoms with van der Waals surface area (Å²) in [4.78, 5) is 32.9. The van der Waals surface area contributed by atoms with Gasteiger partial charge in [-0.25, -0.2) is 14.1 Å². The molecule has 0 bridgehead atoms. The molecule has 9 heteroatoms. The smallest absolute Gasteiger partial charge is 0.260 e. The number of aromatic nitrogens is 3. The Hall–Kier alpha value is -3.49. The summed E-state index contributed by atoms with van der Waals surface area (Å²) >= 11 is 0. The van der Waals surface area contributed by atoms with Crippen LogP contribution in [0.25, 0.3) is 11.0 Å². The van der Waals surface area contributed by atoms with Crippen LogP contribution in [0.1, 0.15) is 21.6 Å². The zero-order valence-electron chi connectivity index (χ0n) is 17.8. The van der Waals surface area contributed by atoms with E-state index in [9.17, 15) is 14.0 Å². The third-order valence-corrected chi connectivity index (χ3v) is 5.44. The molecular weight excluding hydrogens is 401 g/mol. The predicted octanol–water partition coefficient (Wildman–Crippen LogP) is 2.09. The number of carbonyl (C=O) groups excluding carboxylic acids is 2. The molecule has 0 atom stereocenters. The molecule has 0 saturated carbocycles. The number of rotatable bonds is 4. The van der Waals surface area contributed by atoms with Gasteiger partial charge in [0.25, 0.3) is 11.8 Å². The quantitative estimate of drug-likeness (QED) is 0.640. The van der Waals surface area contributed by atoms with E-state index in [4.69, 9.17) is 4.74 Å². The van der Waals surface area contributed by atoms with Crippen molar-refractivity contribution in [2.24, 2.45) is 7.05 Å². The van der Waals surface area contributed by atoms with Gasteiger partial charge in [0, 0.05) is 38.9 Å². The molecule has 0 unspecified atom stereocenters. The number of piperazine rings is 1. The largest absolute Gasteiger partial charge is 0.466 e. The van der Waals surface area contributed by atoms with Crippen LogP contribution in [0.2, 0.25) is 0 Å². The normalized spacial score (nSPS) is 14.2. The van der Waals surface area contributed by atoms with Crippen molar-refractivity contribution in [1.29, 1.82) is 0 Å². The number of benzene rings is 1. The Balaban J connectivity index is 1.37. The number of amides is 2. The average Bonchev–Trinajstić information content (AvgIpc) is 3.07. The van der Waals surface area contributed by atoms with Gasteiger partial charge in [-0.3, -0.25) is 9.59 Å². The summed E-state index contributed by atoms with van der Waals surface area (Å²) in [7, 11) is 1.79. The van der Waals surface area contributed by atoms with E-state index in [1.807, 2.05) is 19.9 Å². The van der Waals surface area contributed by atoms with Gasteiger partial charge < -0.3 is 14.5 Å². The molecule has 1 fully saturated rings. The summed E-state index contributed by atoms with van der Waals surface area (Å²) in [6.07, 6.45) is 0. The van der Waals surface area contributed by atoms with E-state index in [0.717, 1.165) is 16.6 Å². The minimum absolute atomic E-state index is 0.0480. The molecule has 0 radical (unpaired) electrons. The molecule has 8 nitrogen and oxygen atoms in total. The third kappa shape index (κ3) is 4.08. The topological polar surface area (TPSA) is 80.6 Å². The fraction of sp³-hybridized carbons (Fsp3) is 0.364. The molecule has 1 aliphatic heterocycles. The minimum atomic E-state index is -0.540. The van der Waals surface area contributed by atoms with Gasteiger partial charge >= 0.3 is 0 Å². The fourth-order valence-electron chi connectivity index (χ4n) is 3.84. The van der Waals surface area contributed by atoms with E-state index in [0.29, 0.717) is 37.7 Å². The Bertz CT molecular complexity index is 1150. The highest BCUT2D eigenvalue weighted by Gasteiger charge is 2.26. The first-order valence-corrected chi connectivity index (χ1v) is 10.1. The van der Waals surface area contributed by atoms with Gasteiger partial charge in [-0.05, 0) is 37.6 Å². The molecule has 2 aromatic heterocycles. The average molecular weight is 425 g/mol. The van der Waals surface area contributed by atoms with Crippen molar-refractivity contribution in [2.45, 2.75) is 13.8 Å². The van der Waals surface area contributed by atoms with Gasteiger partial charge in [0.15, 0.2) is 12.3 Å². The van der Waals surface area contributed by atoms with Crippen molar-refractivity contribution in [3.63, 3.8) is 0 Å². The molecular formula is C22H24FN5O3. The summed E-state index contributed by atoms with van der Waals surface area (Å²) in [6.45, 7) is 5.14. The van der Waals surface area contributed by atoms with Gasteiger partial charge in [0.05, 0.1) is 10.9 Å². The van der Waals surface area contributed by atoms with E-state index in [1.54, 1.807) is 33.7 Å². The lowest BCUT2D eigenvalue weighted by atomic mass is 10.1. The molecule has 3 aromatic rings. The Morgan fingerprint density at radius 3 is 2.48 bits per heavy atom. The van der Waals surface area contributed by atoms with Crippen molar-refractivity contribution >= 4 is 22.8 Å². The van der Waals surface area contributed by atoms with E-state index in [-0.39, 0.29) is 24.0 Å². The summed E-state index contributed by atoms with van der Waals surface area (Å²) in [5, 5.41) is 5.15. The van der Waals surface area contributed by atoms with Gasteiger partial charge in [-0.15, -0.1) is 5.10 Å². The summed E-state index contributed by atoms with van der Waals surface area (Å²) in [5.41, 5.74) is 2.63. The summed E-state index contributed by atoms with van der Waals surface area (Å²) in [5.74, 6) is -0.708. The second-order valence-electron chi connectivity index (χ2n) is 7.65. The minimum Gasteiger partial charge on any atom is -0.466 e. The molecule has 0 spiro atoms. The second-order valence-corrected chi connectivity index (χ2v) is 7.65. The Kier molecular flexibility index (Phi) is 5.58. The zero-order chi connectivity index (χ0) is 22.1. The maximum atomic E-state index is 13.9. The molecule has 31 heavy (non-hydrogen) atoms. The first-order valence-electron chi connectivity index (χ1n) is 10.1. The Morgan fingerprint density at radius 2 is 1.77 bits per heavy atom. The van der Waals surface area contributed by atoms with Crippen LogP contribution < -0.4 is 4.74 Å². The van der Waals surface area contributed by atoms with Crippen LogP contribution in [-0.4, -0.2) is 69.2 Å². The highest BCUT2D eigenvalue weighted by molar-refractivity contribution is 5.94. The predicted molar refractivity (Wildman–Crippen MR) is 112 cm³/mol. The maximum Gasteiger partial charge on any atom is 0.260 e. The summed E-state index contributed by atoms with van der Waals surface area (Å²) < 4.78 is 21.3. The highest BCUT2D eigenvalue weighted by Crippen LogP contribution is 2.27. The van der Waals surface area contributed by atoms with Crippen LogP contribution in [0.15, 0.2) is 30.3 Å². The standard InChI is InChI=1S/C22H24FN5O3/c1-14-12-15(2)24-20-19(14)21(25-26(20)3)31-13-18(29)27-8-10-28(11-9-27)22(30)16-6-4-5-7-17(16)23/h4-7,12H,8-11,13H2,1-3H3. The lowest BCUT2D eigenvalue weighted by molar-refractivity contribution is -0.134. The number of nitrogens with zero attached hydrogens (tertiary/aromatic N) is 5. The van der Waals surface area contributed by atoms with Crippen molar-refractivity contribution < 1.29 is 18.7 Å². The molecule has 0 N–H and O–H groups in total. The number of aryl methyl sites for hydroxylation is 3. The van der Waals surface area contributed by atoms with E-state index >= 15 is 0 Å². The van der Waals surface area contributed by atoms with Gasteiger partial charge in [-0.2, -0.15) is 0 Å². The monoisotopic (exact) mass is 425 g/mol. The maximum absolute atomic E-state index is 13.9. The molecule has 3 heterocycles. The highest BCUT2D eigenvalue weighted by atomic mass is 19.1. The van der Waals surface area contributed by atoms with Crippen LogP contribution in [0.5, 0.6) is 5.88 Å². The van der Waals surface area contributed by atoms with Gasteiger partial charge in [0.1, 0.15) is 5.82 Å². The fourth-order valence-corrected chi connectivity index (χ4v) is 3.84. The lowest BCUT2D eigenvalue weighted by Gasteiger charge is -2.34. The van der Waals surface area contributed by atoms with Crippen molar-refractivity contribution in [3.05, 3.63) is 53.0 Å². The first kappa shape index (κ1) is 20.8. The molecule has 1 aromatic carbocycles. The molecule has 1 aliphatic rings. The number of hydrogen-bond acceptors (Lipinski definition) is 5. The van der Waals surface area contributed by atoms with Crippen molar-refractivity contribution in [2.75, 3.05) is 32.8 Å². The zero-order valence-corrected chi connectivity index (χ0v) is 17.8. The van der Waals surface area contributed by atoms with Crippen molar-refractivity contribution in [1.82, 2.24) is 24.6 Å². The van der Waals surface area contributed by atoms with E-state index < -0.39 is 5.82 Å². The van der Waals surface area contributed by atoms with E-state index in [2.05, 4.69) is 10.1 Å². The number of ether oxygens (including phenoxy) is 1. The van der Waals surface area contributed by atoms with Gasteiger partial charge in [0.2, 0.25) is 5.88 Å². The molecule has 0 aliphatic carbocycles. The number of fused-ring (bicyclic) bond motifs is 1. The number of carbonyl (C=O) groups is 2. The van der Waals surface area contributed by atoms with Crippen molar-refractivity contribution in [3.8, 4) is 5.88 Å². The van der Waals surface area contributed by atoms with Gasteiger partial charge in [-0.1, -0.05) is 12.1 Å². The SMILES string of the molecule is Cc1cc(C)c2c(OCC(=O)N3CCN(C(=O)c4ccccc4F)CC3)nn(C)c2n1. The first-order chi connectivity index (χ1) is 14.8. The molecule has 4 rings (SSSR count). The van der Waals surface area contributed by atoms with Crippen LogP contribution in [-0.2, 0) is 11.8 Å². The number of pyridine rings is 1.